The van der Waals surface area contributed by atoms with Crippen LogP contribution in [0.4, 0.5) is 0 Å². The monoisotopic (exact) mass is 313 g/mol. The van der Waals surface area contributed by atoms with Crippen LogP contribution >= 0.6 is 24.0 Å². The van der Waals surface area contributed by atoms with Gasteiger partial charge < -0.3 is 15.2 Å². The smallest absolute Gasteiger partial charge is 0.125 e. The Morgan fingerprint density at radius 1 is 1.05 bits per heavy atom. The van der Waals surface area contributed by atoms with Gasteiger partial charge in [0.2, 0.25) is 0 Å². The topological polar surface area (TPSA) is 44.5 Å². The van der Waals surface area contributed by atoms with E-state index in [0.717, 1.165) is 22.6 Å². The van der Waals surface area contributed by atoms with Crippen LogP contribution in [0.1, 0.15) is 11.1 Å². The lowest BCUT2D eigenvalue weighted by atomic mass is 10.2. The van der Waals surface area contributed by atoms with Gasteiger partial charge in [0.15, 0.2) is 0 Å². The fourth-order valence-corrected chi connectivity index (χ4v) is 2.02. The average Bonchev–Trinajstić information content (AvgIpc) is 2.46. The lowest BCUT2D eigenvalue weighted by molar-refractivity contribution is 0.294. The molecule has 0 amide bonds. The third kappa shape index (κ3) is 4.04. The molecule has 0 fully saturated rings. The average molecular weight is 314 g/mol. The quantitative estimate of drug-likeness (QED) is 0.913. The summed E-state index contributed by atoms with van der Waals surface area (Å²) in [5.74, 6) is 1.56. The molecule has 20 heavy (non-hydrogen) atoms. The van der Waals surface area contributed by atoms with E-state index >= 15 is 0 Å². The van der Waals surface area contributed by atoms with Gasteiger partial charge in [-0.05, 0) is 24.3 Å². The van der Waals surface area contributed by atoms with Crippen molar-refractivity contribution in [3.63, 3.8) is 0 Å². The number of rotatable bonds is 5. The molecule has 2 aromatic rings. The van der Waals surface area contributed by atoms with E-state index < -0.39 is 0 Å². The first-order chi connectivity index (χ1) is 9.24. The van der Waals surface area contributed by atoms with Gasteiger partial charge in [0.05, 0.1) is 7.11 Å². The van der Waals surface area contributed by atoms with E-state index in [-0.39, 0.29) is 12.4 Å². The molecule has 0 aromatic heterocycles. The predicted molar refractivity (Wildman–Crippen MR) is 83.9 cm³/mol. The van der Waals surface area contributed by atoms with Crippen molar-refractivity contribution in [2.45, 2.75) is 13.2 Å². The van der Waals surface area contributed by atoms with Crippen molar-refractivity contribution in [1.82, 2.24) is 0 Å². The van der Waals surface area contributed by atoms with Crippen molar-refractivity contribution in [2.75, 3.05) is 7.11 Å². The minimum atomic E-state index is 0. The first kappa shape index (κ1) is 16.6. The zero-order chi connectivity index (χ0) is 13.7. The number of hydrogen-bond acceptors (Lipinski definition) is 3. The second kappa shape index (κ2) is 8.00. The van der Waals surface area contributed by atoms with Crippen molar-refractivity contribution in [3.05, 3.63) is 58.6 Å². The van der Waals surface area contributed by atoms with E-state index in [1.807, 2.05) is 36.4 Å². The van der Waals surface area contributed by atoms with Crippen LogP contribution in [-0.2, 0) is 13.2 Å². The molecular weight excluding hydrogens is 297 g/mol. The van der Waals surface area contributed by atoms with E-state index in [2.05, 4.69) is 0 Å². The fourth-order valence-electron chi connectivity index (χ4n) is 1.83. The molecule has 0 aliphatic heterocycles. The van der Waals surface area contributed by atoms with E-state index in [9.17, 15) is 0 Å². The number of ether oxygens (including phenoxy) is 2. The summed E-state index contributed by atoms with van der Waals surface area (Å²) in [7, 11) is 1.65. The third-order valence-electron chi connectivity index (χ3n) is 2.82. The van der Waals surface area contributed by atoms with Gasteiger partial charge in [-0.25, -0.2) is 0 Å². The normalized spacial score (nSPS) is 9.75. The van der Waals surface area contributed by atoms with Crippen LogP contribution in [0.25, 0.3) is 0 Å². The summed E-state index contributed by atoms with van der Waals surface area (Å²) < 4.78 is 11.1. The minimum absolute atomic E-state index is 0. The predicted octanol–water partition coefficient (Wildman–Crippen LogP) is 3.81. The highest BCUT2D eigenvalue weighted by atomic mass is 35.5. The number of nitrogens with two attached hydrogens (primary N) is 1. The summed E-state index contributed by atoms with van der Waals surface area (Å²) in [6.45, 7) is 0.820. The van der Waals surface area contributed by atoms with Gasteiger partial charge in [0.25, 0.3) is 0 Å². The maximum absolute atomic E-state index is 5.93. The van der Waals surface area contributed by atoms with Crippen molar-refractivity contribution >= 4 is 24.0 Å². The second-order valence-corrected chi connectivity index (χ2v) is 4.49. The molecule has 0 bridgehead atoms. The molecule has 0 radical (unpaired) electrons. The summed E-state index contributed by atoms with van der Waals surface area (Å²) >= 11 is 5.93. The van der Waals surface area contributed by atoms with Crippen LogP contribution in [0.15, 0.2) is 42.5 Å². The van der Waals surface area contributed by atoms with Gasteiger partial charge in [-0.3, -0.25) is 0 Å². The van der Waals surface area contributed by atoms with Gasteiger partial charge in [-0.1, -0.05) is 29.8 Å². The molecule has 0 spiro atoms. The molecule has 0 saturated heterocycles. The summed E-state index contributed by atoms with van der Waals surface area (Å²) in [5.41, 5.74) is 7.56. The van der Waals surface area contributed by atoms with Crippen molar-refractivity contribution in [1.29, 1.82) is 0 Å². The van der Waals surface area contributed by atoms with Crippen LogP contribution in [0.2, 0.25) is 5.02 Å². The summed E-state index contributed by atoms with van der Waals surface area (Å²) in [4.78, 5) is 0. The standard InChI is InChI=1S/C15H16ClNO2.ClH/c1-18-14-5-3-2-4-11(14)10-19-15-7-6-13(16)8-12(15)9-17;/h2-8H,9-10,17H2,1H3;1H. The van der Waals surface area contributed by atoms with Crippen molar-refractivity contribution in [2.24, 2.45) is 5.73 Å². The molecule has 0 heterocycles. The molecule has 0 unspecified atom stereocenters. The summed E-state index contributed by atoms with van der Waals surface area (Å²) in [6, 6.07) is 13.2. The Morgan fingerprint density at radius 3 is 2.50 bits per heavy atom. The lowest BCUT2D eigenvalue weighted by Gasteiger charge is -2.12. The Hall–Kier alpha value is -1.42. The Labute approximate surface area is 130 Å². The Morgan fingerprint density at radius 2 is 1.80 bits per heavy atom. The third-order valence-corrected chi connectivity index (χ3v) is 3.05. The molecular formula is C15H17Cl2NO2. The zero-order valence-corrected chi connectivity index (χ0v) is 12.7. The van der Waals surface area contributed by atoms with Gasteiger partial charge >= 0.3 is 0 Å². The molecule has 2 rings (SSSR count). The zero-order valence-electron chi connectivity index (χ0n) is 11.1. The Balaban J connectivity index is 0.00000200. The number of hydrogen-bond donors (Lipinski definition) is 1. The van der Waals surface area contributed by atoms with Crippen LogP contribution < -0.4 is 15.2 Å². The molecule has 0 aliphatic rings. The maximum Gasteiger partial charge on any atom is 0.125 e. The first-order valence-corrected chi connectivity index (χ1v) is 6.35. The van der Waals surface area contributed by atoms with Crippen LogP contribution in [0.5, 0.6) is 11.5 Å². The fraction of sp³-hybridized carbons (Fsp3) is 0.200. The number of methoxy groups -OCH3 is 1. The molecule has 2 N–H and O–H groups in total. The van der Waals surface area contributed by atoms with Crippen LogP contribution in [0, 0.1) is 0 Å². The summed E-state index contributed by atoms with van der Waals surface area (Å²) in [6.07, 6.45) is 0. The Bertz CT molecular complexity index is 561. The second-order valence-electron chi connectivity index (χ2n) is 4.06. The number of para-hydroxylation sites is 1. The highest BCUT2D eigenvalue weighted by Crippen LogP contribution is 2.25. The number of halogens is 2. The number of benzene rings is 2. The van der Waals surface area contributed by atoms with Gasteiger partial charge in [-0.2, -0.15) is 0 Å². The van der Waals surface area contributed by atoms with Crippen LogP contribution in [0.3, 0.4) is 0 Å². The molecule has 108 valence electrons. The lowest BCUT2D eigenvalue weighted by Crippen LogP contribution is -2.03. The van der Waals surface area contributed by atoms with Crippen LogP contribution in [-0.4, -0.2) is 7.11 Å². The molecule has 3 nitrogen and oxygen atoms in total. The largest absolute Gasteiger partial charge is 0.496 e. The van der Waals surface area contributed by atoms with E-state index in [1.165, 1.54) is 0 Å². The maximum atomic E-state index is 5.93. The highest BCUT2D eigenvalue weighted by Gasteiger charge is 2.06. The Kier molecular flexibility index (Phi) is 6.65. The van der Waals surface area contributed by atoms with E-state index in [4.69, 9.17) is 26.8 Å². The summed E-state index contributed by atoms with van der Waals surface area (Å²) in [5, 5.41) is 0.657. The van der Waals surface area contributed by atoms with Crippen molar-refractivity contribution in [3.8, 4) is 11.5 Å². The minimum Gasteiger partial charge on any atom is -0.496 e. The molecule has 2 aromatic carbocycles. The highest BCUT2D eigenvalue weighted by molar-refractivity contribution is 6.30. The SMILES string of the molecule is COc1ccccc1COc1ccc(Cl)cc1CN.Cl. The van der Waals surface area contributed by atoms with Crippen molar-refractivity contribution < 1.29 is 9.47 Å². The van der Waals surface area contributed by atoms with Gasteiger partial charge in [0, 0.05) is 22.7 Å². The van der Waals surface area contributed by atoms with E-state index in [1.54, 1.807) is 13.2 Å². The van der Waals surface area contributed by atoms with Gasteiger partial charge in [-0.15, -0.1) is 12.4 Å². The van der Waals surface area contributed by atoms with Gasteiger partial charge in [0.1, 0.15) is 18.1 Å². The molecule has 0 atom stereocenters. The van der Waals surface area contributed by atoms with E-state index in [0.29, 0.717) is 18.2 Å². The molecule has 5 heteroatoms. The molecule has 0 aliphatic carbocycles. The first-order valence-electron chi connectivity index (χ1n) is 5.97. The molecule has 0 saturated carbocycles.